The average molecular weight is 1310 g/mol. The molecule has 1 amide bonds. The van der Waals surface area contributed by atoms with Gasteiger partial charge in [-0.1, -0.05) is 73.8 Å². The number of carbonyl (C=O) groups excluding carboxylic acids is 1. The highest BCUT2D eigenvalue weighted by Gasteiger charge is 2.23. The van der Waals surface area contributed by atoms with E-state index in [1.54, 1.807) is 39.0 Å². The summed E-state index contributed by atoms with van der Waals surface area (Å²) < 4.78 is 72.2. The maximum absolute atomic E-state index is 12.0. The molecule has 6 aromatic heterocycles. The lowest BCUT2D eigenvalue weighted by Gasteiger charge is -2.15. The van der Waals surface area contributed by atoms with E-state index in [2.05, 4.69) is 58.0 Å². The molecule has 12 rings (SSSR count). The SMILES string of the molecule is C/C=C/C(=O)N(C)CCn1nc(-c2ccc(Oc3ccccc3)cc2)c2c(N)ncnc21.C=CS(=O)(=O)C(C)CCn1nc(-c2ccc(Oc3ccccc3)cc2)c2c(N)ncnc21.C=CS(=O)(=O)NCCn1nc(-c2ccc(Oc3ccccc3)cc2)c2c(N)ncnc21. The molecule has 7 N–H and O–H groups in total. The molecule has 1 atom stereocenters. The number of carbonyl (C=O) groups is 1. The number of rotatable bonds is 23. The van der Waals surface area contributed by atoms with Crippen molar-refractivity contribution in [2.24, 2.45) is 0 Å². The first-order chi connectivity index (χ1) is 45.9. The minimum absolute atomic E-state index is 0.0627. The van der Waals surface area contributed by atoms with Gasteiger partial charge in [-0.3, -0.25) is 4.79 Å². The molecule has 25 nitrogen and oxygen atoms in total. The van der Waals surface area contributed by atoms with Crippen molar-refractivity contribution < 1.29 is 35.8 Å². The van der Waals surface area contributed by atoms with Crippen LogP contribution in [-0.4, -0.2) is 112 Å². The second-order valence-corrected chi connectivity index (χ2v) is 25.2. The van der Waals surface area contributed by atoms with Crippen molar-refractivity contribution in [1.29, 1.82) is 0 Å². The van der Waals surface area contributed by atoms with Crippen LogP contribution in [0.1, 0.15) is 20.3 Å². The van der Waals surface area contributed by atoms with Crippen LogP contribution in [0.15, 0.2) is 219 Å². The first-order valence-corrected chi connectivity index (χ1v) is 32.8. The lowest BCUT2D eigenvalue weighted by Crippen LogP contribution is -2.28. The molecule has 484 valence electrons. The van der Waals surface area contributed by atoms with Crippen LogP contribution in [0.2, 0.25) is 0 Å². The summed E-state index contributed by atoms with van der Waals surface area (Å²) in [6.45, 7) is 11.8. The van der Waals surface area contributed by atoms with Crippen LogP contribution in [0.25, 0.3) is 66.9 Å². The Kier molecular flexibility index (Phi) is 21.0. The number of fused-ring (bicyclic) bond motifs is 3. The van der Waals surface area contributed by atoms with Gasteiger partial charge in [-0.2, -0.15) is 15.3 Å². The number of hydrogen-bond donors (Lipinski definition) is 4. The van der Waals surface area contributed by atoms with Gasteiger partial charge >= 0.3 is 0 Å². The molecule has 0 saturated carbocycles. The Morgan fingerprint density at radius 1 is 0.516 bits per heavy atom. The van der Waals surface area contributed by atoms with Crippen LogP contribution in [0.5, 0.6) is 34.5 Å². The smallest absolute Gasteiger partial charge is 0.246 e. The van der Waals surface area contributed by atoms with Gasteiger partial charge in [0.05, 0.1) is 34.5 Å². The average Bonchev–Trinajstić information content (AvgIpc) is 1.65. The number of nitrogens with two attached hydrogens (primary N) is 3. The first-order valence-electron chi connectivity index (χ1n) is 29.7. The number of ether oxygens (including phenoxy) is 3. The summed E-state index contributed by atoms with van der Waals surface area (Å²) in [6, 6.07) is 51.1. The molecule has 27 heteroatoms. The maximum atomic E-state index is 12.0. The molecule has 95 heavy (non-hydrogen) atoms. The Morgan fingerprint density at radius 3 is 1.21 bits per heavy atom. The third-order valence-electron chi connectivity index (χ3n) is 14.7. The Bertz CT molecular complexity index is 4900. The predicted molar refractivity (Wildman–Crippen MR) is 368 cm³/mol. The molecule has 0 saturated heterocycles. The molecule has 0 aliphatic heterocycles. The molecule has 0 aliphatic rings. The number of allylic oxidation sites excluding steroid dienone is 1. The van der Waals surface area contributed by atoms with E-state index in [-0.39, 0.29) is 19.0 Å². The van der Waals surface area contributed by atoms with Gasteiger partial charge in [0.1, 0.15) is 88.0 Å². The molecular weight excluding hydrogens is 1250 g/mol. The van der Waals surface area contributed by atoms with Crippen molar-refractivity contribution >= 4 is 76.3 Å². The molecule has 6 aromatic carbocycles. The molecule has 0 spiro atoms. The largest absolute Gasteiger partial charge is 0.457 e. The van der Waals surface area contributed by atoms with Gasteiger partial charge in [0.25, 0.3) is 0 Å². The molecular formula is C68H67N17O8S2. The number of sulfonamides is 1. The summed E-state index contributed by atoms with van der Waals surface area (Å²) in [4.78, 5) is 39.0. The minimum atomic E-state index is -3.53. The van der Waals surface area contributed by atoms with E-state index in [0.717, 1.165) is 50.5 Å². The van der Waals surface area contributed by atoms with Crippen molar-refractivity contribution in [1.82, 2.24) is 68.9 Å². The van der Waals surface area contributed by atoms with Crippen LogP contribution in [0, 0.1) is 0 Å². The Labute approximate surface area is 547 Å². The van der Waals surface area contributed by atoms with Crippen molar-refractivity contribution in [3.63, 3.8) is 0 Å². The van der Waals surface area contributed by atoms with Crippen molar-refractivity contribution in [3.05, 3.63) is 219 Å². The van der Waals surface area contributed by atoms with Crippen LogP contribution in [0.4, 0.5) is 17.5 Å². The molecule has 0 radical (unpaired) electrons. The van der Waals surface area contributed by atoms with E-state index >= 15 is 0 Å². The van der Waals surface area contributed by atoms with E-state index in [4.69, 9.17) is 36.5 Å². The number of aromatic nitrogens is 12. The fourth-order valence-corrected chi connectivity index (χ4v) is 10.9. The summed E-state index contributed by atoms with van der Waals surface area (Å²) in [5.41, 5.74) is 24.5. The number of hydrogen-bond acceptors (Lipinski definition) is 20. The molecule has 0 aliphatic carbocycles. The van der Waals surface area contributed by atoms with Crippen molar-refractivity contribution in [3.8, 4) is 68.3 Å². The Hall–Kier alpha value is -11.7. The predicted octanol–water partition coefficient (Wildman–Crippen LogP) is 11.0. The van der Waals surface area contributed by atoms with Crippen LogP contribution in [-0.2, 0) is 44.3 Å². The van der Waals surface area contributed by atoms with E-state index in [0.29, 0.717) is 105 Å². The number of amides is 1. The number of nitrogen functional groups attached to an aromatic ring is 3. The van der Waals surface area contributed by atoms with Crippen LogP contribution >= 0.6 is 0 Å². The zero-order valence-electron chi connectivity index (χ0n) is 52.0. The summed E-state index contributed by atoms with van der Waals surface area (Å²) in [5, 5.41) is 17.2. The number of sulfone groups is 1. The number of benzene rings is 6. The third kappa shape index (κ3) is 16.3. The van der Waals surface area contributed by atoms with E-state index in [9.17, 15) is 21.6 Å². The van der Waals surface area contributed by atoms with E-state index in [1.807, 2.05) is 171 Å². The highest BCUT2D eigenvalue weighted by molar-refractivity contribution is 7.94. The molecule has 1 unspecified atom stereocenters. The maximum Gasteiger partial charge on any atom is 0.246 e. The van der Waals surface area contributed by atoms with Gasteiger partial charge in [0.15, 0.2) is 26.8 Å². The second-order valence-electron chi connectivity index (χ2n) is 21.1. The molecule has 12 aromatic rings. The van der Waals surface area contributed by atoms with Gasteiger partial charge in [-0.25, -0.2) is 65.5 Å². The molecule has 0 fully saturated rings. The lowest BCUT2D eigenvalue weighted by atomic mass is 10.1. The summed E-state index contributed by atoms with van der Waals surface area (Å²) in [6.07, 6.45) is 7.76. The van der Waals surface area contributed by atoms with Crippen LogP contribution < -0.4 is 36.1 Å². The summed E-state index contributed by atoms with van der Waals surface area (Å²) in [7, 11) is -5.13. The number of anilines is 3. The monoisotopic (exact) mass is 1310 g/mol. The highest BCUT2D eigenvalue weighted by Crippen LogP contribution is 2.36. The zero-order chi connectivity index (χ0) is 67.1. The van der Waals surface area contributed by atoms with Gasteiger partial charge < -0.3 is 36.3 Å². The lowest BCUT2D eigenvalue weighted by molar-refractivity contribution is -0.124. The third-order valence-corrected chi connectivity index (χ3v) is 17.6. The van der Waals surface area contributed by atoms with Gasteiger partial charge in [-0.05, 0) is 136 Å². The van der Waals surface area contributed by atoms with Gasteiger partial charge in [-0.15, -0.1) is 0 Å². The van der Waals surface area contributed by atoms with Crippen molar-refractivity contribution in [2.45, 2.75) is 45.2 Å². The number of para-hydroxylation sites is 3. The first kappa shape index (κ1) is 66.2. The second kappa shape index (κ2) is 30.2. The minimum Gasteiger partial charge on any atom is -0.457 e. The fourth-order valence-electron chi connectivity index (χ4n) is 9.69. The fraction of sp³-hybridized carbons (Fsp3) is 0.147. The van der Waals surface area contributed by atoms with E-state index < -0.39 is 25.1 Å². The molecule has 0 bridgehead atoms. The number of likely N-dealkylation sites (N-methyl/N-ethyl adjacent to an activating group) is 1. The standard InChI is InChI=1S/C24H24N6O2.C23H23N5O3S.C21H20N6O3S/c1-3-7-20(31)29(2)14-15-30-24-21(23(25)26-16-27-24)22(28-30)17-10-12-19(13-11-17)32-18-8-5-4-6-9-18;1-3-32(29,30)16(2)13-14-28-23-20(22(24)25-15-26-23)21(27-28)17-9-11-19(12-10-17)31-18-7-5-4-6-8-18;1-2-31(28,29)25-12-13-27-21-18(20(22)23-14-24-21)19(26-27)15-8-10-17(11-9-15)30-16-6-4-3-5-7-16/h3-13,16H,14-15H2,1-2H3,(H2,25,26,27);3-12,15-16H,1,13-14H2,2H3,(H2,24,25,26);2-11,14,25H,1,12-13H2,(H2,22,23,24)/b7-3+;;. The number of aryl methyl sites for hydroxylation is 1. The quantitative estimate of drug-likeness (QED) is 0.0432. The van der Waals surface area contributed by atoms with E-state index in [1.165, 1.54) is 25.1 Å². The topological polar surface area (TPSA) is 337 Å². The van der Waals surface area contributed by atoms with Gasteiger partial charge in [0, 0.05) is 54.2 Å². The molecule has 6 heterocycles. The Morgan fingerprint density at radius 2 is 0.863 bits per heavy atom. The zero-order valence-corrected chi connectivity index (χ0v) is 53.6. The Balaban J connectivity index is 0.000000155. The highest BCUT2D eigenvalue weighted by atomic mass is 32.2. The number of nitrogens with one attached hydrogen (secondary N) is 1. The van der Waals surface area contributed by atoms with Gasteiger partial charge in [0.2, 0.25) is 15.9 Å². The summed E-state index contributed by atoms with van der Waals surface area (Å²) >= 11 is 0. The number of nitrogens with zero attached hydrogens (tertiary/aromatic N) is 13. The van der Waals surface area contributed by atoms with Crippen molar-refractivity contribution in [2.75, 3.05) is 37.3 Å². The summed E-state index contributed by atoms with van der Waals surface area (Å²) in [5.74, 6) is 5.25. The normalized spacial score (nSPS) is 11.7. The van der Waals surface area contributed by atoms with Crippen LogP contribution in [0.3, 0.4) is 0 Å².